The van der Waals surface area contributed by atoms with E-state index in [2.05, 4.69) is 44.5 Å². The van der Waals surface area contributed by atoms with Crippen molar-refractivity contribution >= 4 is 22.4 Å². The fourth-order valence-corrected chi connectivity index (χ4v) is 4.67. The Labute approximate surface area is 211 Å². The van der Waals surface area contributed by atoms with Gasteiger partial charge in [-0.25, -0.2) is 0 Å². The molecule has 1 aromatic heterocycles. The van der Waals surface area contributed by atoms with Gasteiger partial charge in [0.15, 0.2) is 0 Å². The van der Waals surface area contributed by atoms with Crippen LogP contribution in [0.1, 0.15) is 27.4 Å². The maximum absolute atomic E-state index is 13.2. The molecule has 0 bridgehead atoms. The number of para-hydroxylation sites is 1. The van der Waals surface area contributed by atoms with Gasteiger partial charge >= 0.3 is 0 Å². The van der Waals surface area contributed by atoms with Gasteiger partial charge in [-0.3, -0.25) is 9.69 Å². The van der Waals surface area contributed by atoms with E-state index in [9.17, 15) is 4.79 Å². The molecule has 0 spiro atoms. The van der Waals surface area contributed by atoms with Gasteiger partial charge in [-0.2, -0.15) is 0 Å². The standard InChI is InChI=1S/C29H32N4O3/c1-21-27(22(2)36-31-21)20-35-28-19-24-9-7-6-8-23(24)18-26(28)29(34)30-12-13-32-14-16-33(17-15-32)25-10-4-3-5-11-25/h3-11,18-19H,12-17,20H2,1-2H3,(H,30,34). The van der Waals surface area contributed by atoms with Crippen molar-refractivity contribution in [1.29, 1.82) is 0 Å². The molecular weight excluding hydrogens is 452 g/mol. The molecule has 1 fully saturated rings. The van der Waals surface area contributed by atoms with Crippen LogP contribution in [0.25, 0.3) is 10.8 Å². The fraction of sp³-hybridized carbons (Fsp3) is 0.310. The van der Waals surface area contributed by atoms with Gasteiger partial charge in [0.25, 0.3) is 5.91 Å². The van der Waals surface area contributed by atoms with Crippen LogP contribution in [-0.4, -0.2) is 55.2 Å². The van der Waals surface area contributed by atoms with Crippen molar-refractivity contribution in [2.45, 2.75) is 20.5 Å². The van der Waals surface area contributed by atoms with E-state index in [1.807, 2.05) is 56.3 Å². The summed E-state index contributed by atoms with van der Waals surface area (Å²) >= 11 is 0. The number of nitrogens with zero attached hydrogens (tertiary/aromatic N) is 3. The van der Waals surface area contributed by atoms with E-state index in [-0.39, 0.29) is 5.91 Å². The average molecular weight is 485 g/mol. The number of carbonyl (C=O) groups is 1. The molecule has 0 atom stereocenters. The molecule has 1 N–H and O–H groups in total. The first-order valence-corrected chi connectivity index (χ1v) is 12.5. The van der Waals surface area contributed by atoms with E-state index < -0.39 is 0 Å². The molecule has 3 aromatic carbocycles. The first-order valence-electron chi connectivity index (χ1n) is 12.5. The third-order valence-electron chi connectivity index (χ3n) is 6.85. The van der Waals surface area contributed by atoms with Gasteiger partial charge in [-0.05, 0) is 48.9 Å². The largest absolute Gasteiger partial charge is 0.488 e. The van der Waals surface area contributed by atoms with Gasteiger partial charge < -0.3 is 19.5 Å². The highest BCUT2D eigenvalue weighted by Gasteiger charge is 2.19. The monoisotopic (exact) mass is 484 g/mol. The average Bonchev–Trinajstić information content (AvgIpc) is 3.24. The minimum Gasteiger partial charge on any atom is -0.488 e. The SMILES string of the molecule is Cc1noc(C)c1COc1cc2ccccc2cc1C(=O)NCCN1CCN(c2ccccc2)CC1. The molecule has 0 unspecified atom stereocenters. The van der Waals surface area contributed by atoms with E-state index >= 15 is 0 Å². The number of fused-ring (bicyclic) bond motifs is 1. The number of hydrogen-bond acceptors (Lipinski definition) is 6. The van der Waals surface area contributed by atoms with Crippen LogP contribution < -0.4 is 15.0 Å². The second-order valence-corrected chi connectivity index (χ2v) is 9.21. The van der Waals surface area contributed by atoms with Gasteiger partial charge in [-0.1, -0.05) is 47.6 Å². The van der Waals surface area contributed by atoms with Gasteiger partial charge in [0.05, 0.1) is 16.8 Å². The van der Waals surface area contributed by atoms with Crippen molar-refractivity contribution < 1.29 is 14.1 Å². The summed E-state index contributed by atoms with van der Waals surface area (Å²) in [5, 5.41) is 9.14. The highest BCUT2D eigenvalue weighted by Crippen LogP contribution is 2.28. The summed E-state index contributed by atoms with van der Waals surface area (Å²) in [6.07, 6.45) is 0. The maximum Gasteiger partial charge on any atom is 0.255 e. The Morgan fingerprint density at radius 1 is 0.972 bits per heavy atom. The van der Waals surface area contributed by atoms with Gasteiger partial charge in [0.1, 0.15) is 18.1 Å². The maximum atomic E-state index is 13.2. The molecular formula is C29H32N4O3. The number of aryl methyl sites for hydroxylation is 2. The third kappa shape index (κ3) is 5.36. The molecule has 1 aliphatic heterocycles. The van der Waals surface area contributed by atoms with Crippen molar-refractivity contribution in [2.24, 2.45) is 0 Å². The van der Waals surface area contributed by atoms with Crippen molar-refractivity contribution in [3.63, 3.8) is 0 Å². The molecule has 0 saturated carbocycles. The van der Waals surface area contributed by atoms with E-state index in [1.165, 1.54) is 5.69 Å². The predicted molar refractivity (Wildman–Crippen MR) is 142 cm³/mol. The lowest BCUT2D eigenvalue weighted by Gasteiger charge is -2.36. The number of piperazine rings is 1. The van der Waals surface area contributed by atoms with Crippen LogP contribution in [0, 0.1) is 13.8 Å². The number of anilines is 1. The lowest BCUT2D eigenvalue weighted by Crippen LogP contribution is -2.48. The van der Waals surface area contributed by atoms with E-state index in [0.717, 1.165) is 60.5 Å². The summed E-state index contributed by atoms with van der Waals surface area (Å²) < 4.78 is 11.4. The molecule has 0 aliphatic carbocycles. The third-order valence-corrected chi connectivity index (χ3v) is 6.85. The van der Waals surface area contributed by atoms with Crippen molar-refractivity contribution in [2.75, 3.05) is 44.2 Å². The smallest absolute Gasteiger partial charge is 0.255 e. The minimum absolute atomic E-state index is 0.127. The topological polar surface area (TPSA) is 70.8 Å². The summed E-state index contributed by atoms with van der Waals surface area (Å²) in [6.45, 7) is 9.39. The van der Waals surface area contributed by atoms with Crippen LogP contribution in [0.15, 0.2) is 71.3 Å². The zero-order valence-electron chi connectivity index (χ0n) is 20.9. The van der Waals surface area contributed by atoms with Crippen LogP contribution in [0.4, 0.5) is 5.69 Å². The molecule has 2 heterocycles. The highest BCUT2D eigenvalue weighted by atomic mass is 16.5. The zero-order valence-corrected chi connectivity index (χ0v) is 20.9. The normalized spacial score (nSPS) is 14.2. The lowest BCUT2D eigenvalue weighted by molar-refractivity contribution is 0.0943. The van der Waals surface area contributed by atoms with Crippen molar-refractivity contribution in [1.82, 2.24) is 15.4 Å². The van der Waals surface area contributed by atoms with Crippen LogP contribution in [0.3, 0.4) is 0 Å². The quantitative estimate of drug-likeness (QED) is 0.395. The number of ether oxygens (including phenoxy) is 1. The highest BCUT2D eigenvalue weighted by molar-refractivity contribution is 6.01. The summed E-state index contributed by atoms with van der Waals surface area (Å²) in [5.41, 5.74) is 3.51. The first-order chi connectivity index (χ1) is 17.6. The molecule has 1 aliphatic rings. The lowest BCUT2D eigenvalue weighted by atomic mass is 10.1. The van der Waals surface area contributed by atoms with Gasteiger partial charge in [0, 0.05) is 45.0 Å². The first kappa shape index (κ1) is 23.9. The number of aromatic nitrogens is 1. The molecule has 4 aromatic rings. The Kier molecular flexibility index (Phi) is 7.18. The molecule has 1 amide bonds. The van der Waals surface area contributed by atoms with E-state index in [4.69, 9.17) is 9.26 Å². The number of carbonyl (C=O) groups excluding carboxylic acids is 1. The Balaban J connectivity index is 1.21. The minimum atomic E-state index is -0.127. The van der Waals surface area contributed by atoms with Gasteiger partial charge in [0.2, 0.25) is 0 Å². The Bertz CT molecular complexity index is 1310. The van der Waals surface area contributed by atoms with Crippen LogP contribution in [0.2, 0.25) is 0 Å². The second-order valence-electron chi connectivity index (χ2n) is 9.21. The van der Waals surface area contributed by atoms with Crippen molar-refractivity contribution in [3.8, 4) is 5.75 Å². The summed E-state index contributed by atoms with van der Waals surface area (Å²) in [4.78, 5) is 18.0. The van der Waals surface area contributed by atoms with Crippen LogP contribution in [-0.2, 0) is 6.61 Å². The number of benzene rings is 3. The van der Waals surface area contributed by atoms with Crippen LogP contribution in [0.5, 0.6) is 5.75 Å². The molecule has 5 rings (SSSR count). The Morgan fingerprint density at radius 2 is 1.67 bits per heavy atom. The summed E-state index contributed by atoms with van der Waals surface area (Å²) in [6, 6.07) is 22.4. The number of nitrogens with one attached hydrogen (secondary N) is 1. The number of rotatable bonds is 8. The molecule has 0 radical (unpaired) electrons. The molecule has 1 saturated heterocycles. The van der Waals surface area contributed by atoms with Gasteiger partial charge in [-0.15, -0.1) is 0 Å². The fourth-order valence-electron chi connectivity index (χ4n) is 4.67. The van der Waals surface area contributed by atoms with E-state index in [0.29, 0.717) is 24.5 Å². The molecule has 186 valence electrons. The molecule has 7 nitrogen and oxygen atoms in total. The summed E-state index contributed by atoms with van der Waals surface area (Å²) in [5.74, 6) is 1.16. The Hall–Kier alpha value is -3.84. The number of amides is 1. The predicted octanol–water partition coefficient (Wildman–Crippen LogP) is 4.58. The van der Waals surface area contributed by atoms with Crippen LogP contribution >= 0.6 is 0 Å². The van der Waals surface area contributed by atoms with E-state index in [1.54, 1.807) is 0 Å². The molecule has 36 heavy (non-hydrogen) atoms. The van der Waals surface area contributed by atoms with Crippen molar-refractivity contribution in [3.05, 3.63) is 89.3 Å². The second kappa shape index (κ2) is 10.8. The zero-order chi connectivity index (χ0) is 24.9. The molecule has 7 heteroatoms. The Morgan fingerprint density at radius 3 is 2.36 bits per heavy atom. The summed E-state index contributed by atoms with van der Waals surface area (Å²) in [7, 11) is 0. The number of hydrogen-bond donors (Lipinski definition) is 1.